The van der Waals surface area contributed by atoms with Crippen molar-refractivity contribution in [3.05, 3.63) is 0 Å². The third kappa shape index (κ3) is 4.70. The van der Waals surface area contributed by atoms with Crippen LogP contribution in [0.1, 0.15) is 33.1 Å². The molecule has 0 aliphatic carbocycles. The van der Waals surface area contributed by atoms with E-state index in [2.05, 4.69) is 12.2 Å². The maximum atomic E-state index is 8.92. The van der Waals surface area contributed by atoms with Crippen LogP contribution in [-0.4, -0.2) is 35.5 Å². The third-order valence-corrected chi connectivity index (χ3v) is 2.03. The second-order valence-electron chi connectivity index (χ2n) is 3.51. The van der Waals surface area contributed by atoms with Crippen molar-refractivity contribution in [3.63, 3.8) is 0 Å². The molecule has 0 bridgehead atoms. The van der Waals surface area contributed by atoms with Gasteiger partial charge in [0.15, 0.2) is 0 Å². The van der Waals surface area contributed by atoms with Gasteiger partial charge in [0.05, 0.1) is 18.8 Å². The Balaban J connectivity index is 3.45. The summed E-state index contributed by atoms with van der Waals surface area (Å²) >= 11 is 0. The van der Waals surface area contributed by atoms with E-state index in [1.807, 2.05) is 6.92 Å². The van der Waals surface area contributed by atoms with Crippen molar-refractivity contribution in [2.45, 2.75) is 38.6 Å². The molecular formula is C9H21NO2. The van der Waals surface area contributed by atoms with Gasteiger partial charge in [-0.25, -0.2) is 0 Å². The predicted octanol–water partition coefficient (Wildman–Crippen LogP) is 0.509. The van der Waals surface area contributed by atoms with Crippen LogP contribution in [0.3, 0.4) is 0 Å². The summed E-state index contributed by atoms with van der Waals surface area (Å²) in [4.78, 5) is 0. The van der Waals surface area contributed by atoms with Crippen molar-refractivity contribution in [2.75, 3.05) is 19.8 Å². The highest BCUT2D eigenvalue weighted by atomic mass is 16.3. The molecule has 3 nitrogen and oxygen atoms in total. The minimum absolute atomic E-state index is 0.0182. The van der Waals surface area contributed by atoms with Crippen LogP contribution < -0.4 is 5.32 Å². The van der Waals surface area contributed by atoms with Crippen LogP contribution in [0, 0.1) is 0 Å². The first-order chi connectivity index (χ1) is 5.68. The summed E-state index contributed by atoms with van der Waals surface area (Å²) in [5.41, 5.74) is -0.506. The summed E-state index contributed by atoms with van der Waals surface area (Å²) in [6, 6.07) is 0. The molecule has 0 saturated carbocycles. The summed E-state index contributed by atoms with van der Waals surface area (Å²) in [5.74, 6) is 0. The smallest absolute Gasteiger partial charge is 0.0633 e. The van der Waals surface area contributed by atoms with Gasteiger partial charge in [0.25, 0.3) is 0 Å². The third-order valence-electron chi connectivity index (χ3n) is 2.03. The molecule has 0 aliphatic rings. The van der Waals surface area contributed by atoms with Crippen molar-refractivity contribution in [2.24, 2.45) is 0 Å². The van der Waals surface area contributed by atoms with E-state index in [1.165, 1.54) is 12.8 Å². The Labute approximate surface area is 74.8 Å². The second kappa shape index (κ2) is 6.40. The highest BCUT2D eigenvalue weighted by Gasteiger charge is 2.20. The zero-order chi connectivity index (χ0) is 9.45. The van der Waals surface area contributed by atoms with Crippen molar-refractivity contribution in [1.29, 1.82) is 0 Å². The number of hydrogen-bond acceptors (Lipinski definition) is 3. The lowest BCUT2D eigenvalue weighted by Gasteiger charge is -2.26. The summed E-state index contributed by atoms with van der Waals surface area (Å²) in [7, 11) is 0. The first-order valence-electron chi connectivity index (χ1n) is 4.65. The maximum Gasteiger partial charge on any atom is 0.0633 e. The fraction of sp³-hybridized carbons (Fsp3) is 1.00. The van der Waals surface area contributed by atoms with E-state index in [0.717, 1.165) is 13.0 Å². The van der Waals surface area contributed by atoms with Crippen LogP contribution in [0.4, 0.5) is 0 Å². The molecule has 0 fully saturated rings. The molecule has 0 saturated heterocycles. The predicted molar refractivity (Wildman–Crippen MR) is 50.1 cm³/mol. The van der Waals surface area contributed by atoms with E-state index >= 15 is 0 Å². The van der Waals surface area contributed by atoms with E-state index in [9.17, 15) is 0 Å². The Morgan fingerprint density at radius 2 is 1.75 bits per heavy atom. The Bertz CT molecular complexity index is 103. The molecule has 0 radical (unpaired) electrons. The van der Waals surface area contributed by atoms with E-state index in [1.54, 1.807) is 0 Å². The van der Waals surface area contributed by atoms with Gasteiger partial charge in [0, 0.05) is 0 Å². The van der Waals surface area contributed by atoms with Crippen LogP contribution in [0.2, 0.25) is 0 Å². The lowest BCUT2D eigenvalue weighted by molar-refractivity contribution is 0.104. The SMILES string of the molecule is CCCCCNC(C)(CO)CO. The van der Waals surface area contributed by atoms with Crippen LogP contribution in [0.15, 0.2) is 0 Å². The van der Waals surface area contributed by atoms with Crippen molar-refractivity contribution >= 4 is 0 Å². The molecule has 12 heavy (non-hydrogen) atoms. The molecule has 74 valence electrons. The lowest BCUT2D eigenvalue weighted by atomic mass is 10.1. The lowest BCUT2D eigenvalue weighted by Crippen LogP contribution is -2.49. The van der Waals surface area contributed by atoms with Gasteiger partial charge < -0.3 is 15.5 Å². The van der Waals surface area contributed by atoms with Crippen LogP contribution in [0.5, 0.6) is 0 Å². The Morgan fingerprint density at radius 1 is 1.17 bits per heavy atom. The van der Waals surface area contributed by atoms with E-state index < -0.39 is 5.54 Å². The molecule has 3 heteroatoms. The quantitative estimate of drug-likeness (QED) is 0.494. The van der Waals surface area contributed by atoms with Crippen LogP contribution in [-0.2, 0) is 0 Å². The molecule has 0 unspecified atom stereocenters. The molecule has 0 aliphatic heterocycles. The minimum Gasteiger partial charge on any atom is -0.394 e. The Kier molecular flexibility index (Phi) is 6.34. The first-order valence-corrected chi connectivity index (χ1v) is 4.65. The fourth-order valence-electron chi connectivity index (χ4n) is 0.927. The Hall–Kier alpha value is -0.120. The molecule has 0 atom stereocenters. The molecule has 0 aromatic rings. The van der Waals surface area contributed by atoms with Gasteiger partial charge in [0.2, 0.25) is 0 Å². The van der Waals surface area contributed by atoms with E-state index in [0.29, 0.717) is 0 Å². The monoisotopic (exact) mass is 175 g/mol. The highest BCUT2D eigenvalue weighted by molar-refractivity contribution is 4.80. The van der Waals surface area contributed by atoms with Gasteiger partial charge >= 0.3 is 0 Å². The molecule has 0 rings (SSSR count). The second-order valence-corrected chi connectivity index (χ2v) is 3.51. The molecular weight excluding hydrogens is 154 g/mol. The highest BCUT2D eigenvalue weighted by Crippen LogP contribution is 2.01. The topological polar surface area (TPSA) is 52.5 Å². The summed E-state index contributed by atoms with van der Waals surface area (Å²) in [6.07, 6.45) is 3.49. The molecule has 3 N–H and O–H groups in total. The zero-order valence-electron chi connectivity index (χ0n) is 8.14. The van der Waals surface area contributed by atoms with Gasteiger partial charge in [-0.2, -0.15) is 0 Å². The fourth-order valence-corrected chi connectivity index (χ4v) is 0.927. The molecule has 0 spiro atoms. The molecule has 0 amide bonds. The number of aliphatic hydroxyl groups is 2. The summed E-state index contributed by atoms with van der Waals surface area (Å²) in [5, 5.41) is 21.0. The van der Waals surface area contributed by atoms with E-state index in [4.69, 9.17) is 10.2 Å². The summed E-state index contributed by atoms with van der Waals surface area (Å²) in [6.45, 7) is 4.80. The van der Waals surface area contributed by atoms with Gasteiger partial charge in [0.1, 0.15) is 0 Å². The minimum atomic E-state index is -0.506. The number of aliphatic hydroxyl groups excluding tert-OH is 2. The molecule has 0 aromatic carbocycles. The van der Waals surface area contributed by atoms with Crippen LogP contribution in [0.25, 0.3) is 0 Å². The average Bonchev–Trinajstić information content (AvgIpc) is 2.12. The maximum absolute atomic E-state index is 8.92. The Morgan fingerprint density at radius 3 is 2.17 bits per heavy atom. The van der Waals surface area contributed by atoms with Gasteiger partial charge in [-0.1, -0.05) is 19.8 Å². The van der Waals surface area contributed by atoms with Gasteiger partial charge in [-0.05, 0) is 19.9 Å². The van der Waals surface area contributed by atoms with Gasteiger partial charge in [-0.15, -0.1) is 0 Å². The van der Waals surface area contributed by atoms with Crippen molar-refractivity contribution in [1.82, 2.24) is 5.32 Å². The normalized spacial score (nSPS) is 12.0. The van der Waals surface area contributed by atoms with Gasteiger partial charge in [-0.3, -0.25) is 0 Å². The number of rotatable bonds is 7. The molecule has 0 aromatic heterocycles. The van der Waals surface area contributed by atoms with Crippen molar-refractivity contribution < 1.29 is 10.2 Å². The first kappa shape index (κ1) is 11.9. The standard InChI is InChI=1S/C9H21NO2/c1-3-4-5-6-10-9(2,7-11)8-12/h10-12H,3-8H2,1-2H3. The molecule has 0 heterocycles. The number of hydrogen-bond donors (Lipinski definition) is 3. The largest absolute Gasteiger partial charge is 0.394 e. The number of unbranched alkanes of at least 4 members (excludes halogenated alkanes) is 2. The van der Waals surface area contributed by atoms with Crippen LogP contribution >= 0.6 is 0 Å². The van der Waals surface area contributed by atoms with Crippen molar-refractivity contribution in [3.8, 4) is 0 Å². The van der Waals surface area contributed by atoms with E-state index in [-0.39, 0.29) is 13.2 Å². The summed E-state index contributed by atoms with van der Waals surface area (Å²) < 4.78 is 0. The average molecular weight is 175 g/mol. The number of nitrogens with one attached hydrogen (secondary N) is 1. The zero-order valence-corrected chi connectivity index (χ0v) is 8.14.